The fourth-order valence-corrected chi connectivity index (χ4v) is 2.58. The van der Waals surface area contributed by atoms with Gasteiger partial charge in [0.15, 0.2) is 0 Å². The van der Waals surface area contributed by atoms with Crippen molar-refractivity contribution in [1.29, 1.82) is 0 Å². The summed E-state index contributed by atoms with van der Waals surface area (Å²) in [4.78, 5) is 7.02. The van der Waals surface area contributed by atoms with E-state index in [0.29, 0.717) is 6.04 Å². The van der Waals surface area contributed by atoms with Crippen molar-refractivity contribution in [2.75, 3.05) is 51.1 Å². The van der Waals surface area contributed by atoms with Crippen LogP contribution in [0, 0.1) is 0 Å². The van der Waals surface area contributed by atoms with Gasteiger partial charge in [0.2, 0.25) is 0 Å². The molecule has 0 bridgehead atoms. The molecule has 1 aromatic carbocycles. The first-order valence-corrected chi connectivity index (χ1v) is 6.76. The van der Waals surface area contributed by atoms with Gasteiger partial charge in [0.05, 0.1) is 0 Å². The van der Waals surface area contributed by atoms with E-state index in [1.807, 2.05) is 0 Å². The summed E-state index contributed by atoms with van der Waals surface area (Å²) in [6, 6.07) is 9.48. The topological polar surface area (TPSA) is 9.72 Å². The normalized spacial score (nSPS) is 17.8. The van der Waals surface area contributed by atoms with Crippen LogP contribution in [0.5, 0.6) is 0 Å². The highest BCUT2D eigenvalue weighted by molar-refractivity contribution is 5.58. The third-order valence-electron chi connectivity index (χ3n) is 3.99. The van der Waals surface area contributed by atoms with Crippen molar-refractivity contribution in [3.63, 3.8) is 0 Å². The van der Waals surface area contributed by atoms with Gasteiger partial charge in [0.1, 0.15) is 0 Å². The molecule has 0 saturated carbocycles. The van der Waals surface area contributed by atoms with E-state index in [1.165, 1.54) is 37.3 Å². The van der Waals surface area contributed by atoms with Crippen molar-refractivity contribution in [2.24, 2.45) is 0 Å². The van der Waals surface area contributed by atoms with Gasteiger partial charge in [0, 0.05) is 38.6 Å². The highest BCUT2D eigenvalue weighted by atomic mass is 15.2. The molecule has 1 aromatic rings. The predicted molar refractivity (Wildman–Crippen MR) is 79.7 cm³/mol. The third-order valence-corrected chi connectivity index (χ3v) is 3.99. The van der Waals surface area contributed by atoms with E-state index < -0.39 is 0 Å². The summed E-state index contributed by atoms with van der Waals surface area (Å²) in [5.74, 6) is 0. The Bertz CT molecular complexity index is 381. The maximum absolute atomic E-state index is 2.44. The van der Waals surface area contributed by atoms with Crippen molar-refractivity contribution >= 4 is 11.4 Å². The molecule has 0 aliphatic carbocycles. The molecule has 0 amide bonds. The summed E-state index contributed by atoms with van der Waals surface area (Å²) in [5.41, 5.74) is 2.60. The number of nitrogens with zero attached hydrogens (tertiary/aromatic N) is 3. The number of benzene rings is 1. The molecule has 2 rings (SSSR count). The quantitative estimate of drug-likeness (QED) is 0.811. The minimum absolute atomic E-state index is 0.679. The lowest BCUT2D eigenvalue weighted by molar-refractivity contribution is 0.253. The molecule has 1 saturated heterocycles. The smallest absolute Gasteiger partial charge is 0.0386 e. The van der Waals surface area contributed by atoms with Crippen LogP contribution in [0.2, 0.25) is 0 Å². The highest BCUT2D eigenvalue weighted by Crippen LogP contribution is 2.25. The van der Waals surface area contributed by atoms with E-state index >= 15 is 0 Å². The SMILES string of the molecule is CN1CCC(N(C)c2cccc(N(C)C)c2)CC1. The van der Waals surface area contributed by atoms with E-state index in [1.54, 1.807) is 0 Å². The van der Waals surface area contributed by atoms with Gasteiger partial charge in [-0.25, -0.2) is 0 Å². The average Bonchev–Trinajstić information content (AvgIpc) is 2.39. The first-order chi connectivity index (χ1) is 8.58. The molecular weight excluding hydrogens is 222 g/mol. The number of hydrogen-bond acceptors (Lipinski definition) is 3. The minimum atomic E-state index is 0.679. The van der Waals surface area contributed by atoms with Crippen LogP contribution in [0.25, 0.3) is 0 Å². The Morgan fingerprint density at radius 3 is 2.28 bits per heavy atom. The number of hydrogen-bond donors (Lipinski definition) is 0. The van der Waals surface area contributed by atoms with Crippen LogP contribution in [-0.2, 0) is 0 Å². The zero-order chi connectivity index (χ0) is 13.1. The fraction of sp³-hybridized carbons (Fsp3) is 0.600. The molecule has 100 valence electrons. The molecule has 0 radical (unpaired) electrons. The van der Waals surface area contributed by atoms with Crippen LogP contribution < -0.4 is 9.80 Å². The lowest BCUT2D eigenvalue weighted by Gasteiger charge is -2.36. The maximum atomic E-state index is 2.44. The van der Waals surface area contributed by atoms with E-state index in [9.17, 15) is 0 Å². The summed E-state index contributed by atoms with van der Waals surface area (Å²) in [6.45, 7) is 2.42. The van der Waals surface area contributed by atoms with Gasteiger partial charge in [-0.15, -0.1) is 0 Å². The second-order valence-electron chi connectivity index (χ2n) is 5.56. The number of piperidine rings is 1. The molecule has 1 fully saturated rings. The minimum Gasteiger partial charge on any atom is -0.378 e. The molecule has 1 aliphatic rings. The fourth-order valence-electron chi connectivity index (χ4n) is 2.58. The Kier molecular flexibility index (Phi) is 4.12. The van der Waals surface area contributed by atoms with Crippen LogP contribution >= 0.6 is 0 Å². The van der Waals surface area contributed by atoms with Gasteiger partial charge in [-0.1, -0.05) is 6.07 Å². The predicted octanol–water partition coefficient (Wildman–Crippen LogP) is 2.28. The second kappa shape index (κ2) is 5.61. The van der Waals surface area contributed by atoms with Crippen LogP contribution in [0.4, 0.5) is 11.4 Å². The van der Waals surface area contributed by atoms with Gasteiger partial charge < -0.3 is 14.7 Å². The van der Waals surface area contributed by atoms with Gasteiger partial charge in [-0.2, -0.15) is 0 Å². The van der Waals surface area contributed by atoms with Crippen molar-refractivity contribution in [3.8, 4) is 0 Å². The molecule has 0 aromatic heterocycles. The van der Waals surface area contributed by atoms with Crippen LogP contribution in [0.1, 0.15) is 12.8 Å². The molecule has 0 spiro atoms. The van der Waals surface area contributed by atoms with E-state index in [-0.39, 0.29) is 0 Å². The van der Waals surface area contributed by atoms with Crippen molar-refractivity contribution in [3.05, 3.63) is 24.3 Å². The Morgan fingerprint density at radius 1 is 1.06 bits per heavy atom. The first-order valence-electron chi connectivity index (χ1n) is 6.76. The summed E-state index contributed by atoms with van der Waals surface area (Å²) >= 11 is 0. The number of rotatable bonds is 3. The zero-order valence-corrected chi connectivity index (χ0v) is 12.1. The van der Waals surface area contributed by atoms with Gasteiger partial charge in [0.25, 0.3) is 0 Å². The molecule has 3 heteroatoms. The molecular formula is C15H25N3. The lowest BCUT2D eigenvalue weighted by atomic mass is 10.0. The van der Waals surface area contributed by atoms with Gasteiger partial charge in [-0.05, 0) is 51.2 Å². The van der Waals surface area contributed by atoms with Gasteiger partial charge >= 0.3 is 0 Å². The van der Waals surface area contributed by atoms with E-state index in [0.717, 1.165) is 0 Å². The van der Waals surface area contributed by atoms with Crippen molar-refractivity contribution in [2.45, 2.75) is 18.9 Å². The average molecular weight is 247 g/mol. The maximum Gasteiger partial charge on any atom is 0.0386 e. The summed E-state index contributed by atoms with van der Waals surface area (Å²) in [7, 11) is 8.62. The number of likely N-dealkylation sites (tertiary alicyclic amines) is 1. The van der Waals surface area contributed by atoms with Crippen molar-refractivity contribution < 1.29 is 0 Å². The molecule has 1 heterocycles. The molecule has 18 heavy (non-hydrogen) atoms. The standard InChI is InChI=1S/C15H25N3/c1-16(2)14-6-5-7-15(12-14)18(4)13-8-10-17(3)11-9-13/h5-7,12-13H,8-11H2,1-4H3. The molecule has 0 unspecified atom stereocenters. The Balaban J connectivity index is 2.08. The number of anilines is 2. The summed E-state index contributed by atoms with van der Waals surface area (Å²) in [6.07, 6.45) is 2.53. The molecule has 3 nitrogen and oxygen atoms in total. The first kappa shape index (κ1) is 13.2. The van der Waals surface area contributed by atoms with E-state index in [4.69, 9.17) is 0 Å². The zero-order valence-electron chi connectivity index (χ0n) is 12.1. The highest BCUT2D eigenvalue weighted by Gasteiger charge is 2.20. The molecule has 0 N–H and O–H groups in total. The molecule has 1 aliphatic heterocycles. The monoisotopic (exact) mass is 247 g/mol. The van der Waals surface area contributed by atoms with Crippen LogP contribution in [0.3, 0.4) is 0 Å². The molecule has 0 atom stereocenters. The Labute approximate surface area is 111 Å². The summed E-state index contributed by atoms with van der Waals surface area (Å²) in [5, 5.41) is 0. The Morgan fingerprint density at radius 2 is 1.67 bits per heavy atom. The van der Waals surface area contributed by atoms with E-state index in [2.05, 4.69) is 67.2 Å². The summed E-state index contributed by atoms with van der Waals surface area (Å²) < 4.78 is 0. The van der Waals surface area contributed by atoms with Crippen molar-refractivity contribution in [1.82, 2.24) is 4.90 Å². The Hall–Kier alpha value is -1.22. The largest absolute Gasteiger partial charge is 0.378 e. The van der Waals surface area contributed by atoms with Gasteiger partial charge in [-0.3, -0.25) is 0 Å². The lowest BCUT2D eigenvalue weighted by Crippen LogP contribution is -2.42. The third kappa shape index (κ3) is 2.96. The van der Waals surface area contributed by atoms with Crippen LogP contribution in [-0.4, -0.2) is 52.2 Å². The second-order valence-corrected chi connectivity index (χ2v) is 5.56. The van der Waals surface area contributed by atoms with Crippen LogP contribution in [0.15, 0.2) is 24.3 Å².